The highest BCUT2D eigenvalue weighted by atomic mass is 19.2. The number of benzene rings is 2. The van der Waals surface area contributed by atoms with Crippen LogP contribution in [-0.4, -0.2) is 12.2 Å². The summed E-state index contributed by atoms with van der Waals surface area (Å²) >= 11 is 0. The molecule has 0 unspecified atom stereocenters. The summed E-state index contributed by atoms with van der Waals surface area (Å²) in [4.78, 5) is 1.83. The number of aliphatic hydroxyl groups excluding tert-OH is 1. The van der Waals surface area contributed by atoms with E-state index in [4.69, 9.17) is 5.11 Å². The van der Waals surface area contributed by atoms with Crippen molar-refractivity contribution < 1.29 is 13.9 Å². The maximum absolute atomic E-state index is 13.1. The van der Waals surface area contributed by atoms with Crippen molar-refractivity contribution >= 4 is 5.69 Å². The molecule has 0 spiro atoms. The zero-order valence-corrected chi connectivity index (χ0v) is 10.6. The zero-order valence-electron chi connectivity index (χ0n) is 10.6. The summed E-state index contributed by atoms with van der Waals surface area (Å²) < 4.78 is 26.0. The molecule has 0 atom stereocenters. The van der Waals surface area contributed by atoms with Gasteiger partial charge in [0.05, 0.1) is 6.61 Å². The minimum Gasteiger partial charge on any atom is -0.392 e. The van der Waals surface area contributed by atoms with Gasteiger partial charge in [0.15, 0.2) is 11.6 Å². The summed E-state index contributed by atoms with van der Waals surface area (Å²) in [5.74, 6) is -1.69. The Kier molecular flexibility index (Phi) is 4.12. The van der Waals surface area contributed by atoms with E-state index in [0.717, 1.165) is 17.2 Å². The van der Waals surface area contributed by atoms with Crippen molar-refractivity contribution in [3.63, 3.8) is 0 Å². The van der Waals surface area contributed by atoms with E-state index < -0.39 is 11.6 Å². The van der Waals surface area contributed by atoms with Crippen LogP contribution in [0.4, 0.5) is 14.5 Å². The van der Waals surface area contributed by atoms with Crippen molar-refractivity contribution in [3.8, 4) is 0 Å². The molecule has 0 radical (unpaired) electrons. The molecule has 0 saturated carbocycles. The number of nitrogens with zero attached hydrogens (tertiary/aromatic N) is 1. The Morgan fingerprint density at radius 1 is 0.947 bits per heavy atom. The van der Waals surface area contributed by atoms with Crippen LogP contribution < -0.4 is 4.90 Å². The smallest absolute Gasteiger partial charge is 0.160 e. The highest BCUT2D eigenvalue weighted by Crippen LogP contribution is 2.18. The third kappa shape index (κ3) is 3.29. The maximum Gasteiger partial charge on any atom is 0.160 e. The topological polar surface area (TPSA) is 23.5 Å². The molecule has 2 nitrogen and oxygen atoms in total. The third-order valence-electron chi connectivity index (χ3n) is 2.97. The van der Waals surface area contributed by atoms with Gasteiger partial charge < -0.3 is 10.0 Å². The Bertz CT molecular complexity index is 555. The first-order valence-corrected chi connectivity index (χ1v) is 5.95. The van der Waals surface area contributed by atoms with Gasteiger partial charge in [0.1, 0.15) is 0 Å². The molecular weight excluding hydrogens is 248 g/mol. The number of rotatable bonds is 4. The molecule has 0 fully saturated rings. The van der Waals surface area contributed by atoms with Gasteiger partial charge >= 0.3 is 0 Å². The van der Waals surface area contributed by atoms with E-state index in [1.807, 2.05) is 36.2 Å². The Morgan fingerprint density at radius 3 is 2.16 bits per heavy atom. The number of anilines is 1. The lowest BCUT2D eigenvalue weighted by molar-refractivity contribution is 0.282. The van der Waals surface area contributed by atoms with Crippen LogP contribution >= 0.6 is 0 Å². The van der Waals surface area contributed by atoms with E-state index in [1.165, 1.54) is 6.07 Å². The Labute approximate surface area is 110 Å². The molecule has 4 heteroatoms. The molecule has 2 aromatic rings. The average Bonchev–Trinajstić information content (AvgIpc) is 2.42. The SMILES string of the molecule is CN(Cc1ccc(CO)cc1)c1ccc(F)c(F)c1. The van der Waals surface area contributed by atoms with Crippen molar-refractivity contribution in [2.75, 3.05) is 11.9 Å². The minimum atomic E-state index is -0.847. The molecule has 0 aliphatic carbocycles. The van der Waals surface area contributed by atoms with Gasteiger partial charge in [-0.2, -0.15) is 0 Å². The van der Waals surface area contributed by atoms with Gasteiger partial charge in [-0.05, 0) is 23.3 Å². The second-order valence-corrected chi connectivity index (χ2v) is 4.43. The molecule has 2 aromatic carbocycles. The van der Waals surface area contributed by atoms with Gasteiger partial charge in [0.2, 0.25) is 0 Å². The van der Waals surface area contributed by atoms with E-state index in [0.29, 0.717) is 12.2 Å². The Morgan fingerprint density at radius 2 is 1.58 bits per heavy atom. The summed E-state index contributed by atoms with van der Waals surface area (Å²) in [6.45, 7) is 0.593. The van der Waals surface area contributed by atoms with Crippen molar-refractivity contribution in [2.24, 2.45) is 0 Å². The standard InChI is InChI=1S/C15H15F2NO/c1-18(13-6-7-14(16)15(17)8-13)9-11-2-4-12(10-19)5-3-11/h2-8,19H,9-10H2,1H3. The van der Waals surface area contributed by atoms with Crippen LogP contribution in [-0.2, 0) is 13.2 Å². The summed E-state index contributed by atoms with van der Waals surface area (Å²) in [5, 5.41) is 8.96. The van der Waals surface area contributed by atoms with Gasteiger partial charge in [-0.25, -0.2) is 8.78 Å². The van der Waals surface area contributed by atoms with Crippen LogP contribution in [0.1, 0.15) is 11.1 Å². The molecular formula is C15H15F2NO. The summed E-state index contributed by atoms with van der Waals surface area (Å²) in [5.41, 5.74) is 2.49. The molecule has 0 aliphatic heterocycles. The first kappa shape index (κ1) is 13.5. The number of halogens is 2. The molecule has 100 valence electrons. The lowest BCUT2D eigenvalue weighted by atomic mass is 10.1. The fourth-order valence-electron chi connectivity index (χ4n) is 1.84. The van der Waals surface area contributed by atoms with E-state index in [-0.39, 0.29) is 6.61 Å². The maximum atomic E-state index is 13.1. The van der Waals surface area contributed by atoms with Crippen molar-refractivity contribution in [3.05, 3.63) is 65.2 Å². The molecule has 0 bridgehead atoms. The van der Waals surface area contributed by atoms with Crippen LogP contribution in [0, 0.1) is 11.6 Å². The normalized spacial score (nSPS) is 10.5. The van der Waals surface area contributed by atoms with E-state index >= 15 is 0 Å². The summed E-state index contributed by atoms with van der Waals surface area (Å²) in [6.07, 6.45) is 0. The fraction of sp³-hybridized carbons (Fsp3) is 0.200. The van der Waals surface area contributed by atoms with Gasteiger partial charge in [0, 0.05) is 25.3 Å². The zero-order chi connectivity index (χ0) is 13.8. The molecule has 0 amide bonds. The molecule has 1 N–H and O–H groups in total. The highest BCUT2D eigenvalue weighted by molar-refractivity contribution is 5.46. The van der Waals surface area contributed by atoms with Crippen LogP contribution in [0.15, 0.2) is 42.5 Å². The summed E-state index contributed by atoms with van der Waals surface area (Å²) in [6, 6.07) is 11.3. The lowest BCUT2D eigenvalue weighted by Gasteiger charge is -2.19. The van der Waals surface area contributed by atoms with Crippen LogP contribution in [0.25, 0.3) is 0 Å². The number of hydrogen-bond donors (Lipinski definition) is 1. The lowest BCUT2D eigenvalue weighted by Crippen LogP contribution is -2.16. The Balaban J connectivity index is 2.10. The number of aliphatic hydroxyl groups is 1. The van der Waals surface area contributed by atoms with E-state index in [9.17, 15) is 8.78 Å². The average molecular weight is 263 g/mol. The van der Waals surface area contributed by atoms with Crippen molar-refractivity contribution in [1.82, 2.24) is 0 Å². The molecule has 0 aliphatic rings. The third-order valence-corrected chi connectivity index (χ3v) is 2.97. The fourth-order valence-corrected chi connectivity index (χ4v) is 1.84. The van der Waals surface area contributed by atoms with Crippen molar-refractivity contribution in [2.45, 2.75) is 13.2 Å². The van der Waals surface area contributed by atoms with E-state index in [2.05, 4.69) is 0 Å². The predicted octanol–water partition coefficient (Wildman–Crippen LogP) is 3.09. The minimum absolute atomic E-state index is 0.0132. The molecule has 0 heterocycles. The second kappa shape index (κ2) is 5.80. The van der Waals surface area contributed by atoms with Crippen LogP contribution in [0.5, 0.6) is 0 Å². The quantitative estimate of drug-likeness (QED) is 0.916. The largest absolute Gasteiger partial charge is 0.392 e. The predicted molar refractivity (Wildman–Crippen MR) is 70.8 cm³/mol. The number of hydrogen-bond acceptors (Lipinski definition) is 2. The van der Waals surface area contributed by atoms with E-state index in [1.54, 1.807) is 6.07 Å². The van der Waals surface area contributed by atoms with Crippen LogP contribution in [0.2, 0.25) is 0 Å². The van der Waals surface area contributed by atoms with Crippen molar-refractivity contribution in [1.29, 1.82) is 0 Å². The summed E-state index contributed by atoms with van der Waals surface area (Å²) in [7, 11) is 1.81. The van der Waals surface area contributed by atoms with Gasteiger partial charge in [-0.15, -0.1) is 0 Å². The Hall–Kier alpha value is -1.94. The van der Waals surface area contributed by atoms with Crippen LogP contribution in [0.3, 0.4) is 0 Å². The highest BCUT2D eigenvalue weighted by Gasteiger charge is 2.07. The van der Waals surface area contributed by atoms with Gasteiger partial charge in [-0.3, -0.25) is 0 Å². The van der Waals surface area contributed by atoms with Gasteiger partial charge in [-0.1, -0.05) is 24.3 Å². The molecule has 2 rings (SSSR count). The molecule has 0 saturated heterocycles. The molecule has 0 aromatic heterocycles. The monoisotopic (exact) mass is 263 g/mol. The van der Waals surface area contributed by atoms with Gasteiger partial charge in [0.25, 0.3) is 0 Å². The first-order valence-electron chi connectivity index (χ1n) is 5.95. The second-order valence-electron chi connectivity index (χ2n) is 4.43. The first-order chi connectivity index (χ1) is 9.10. The molecule has 19 heavy (non-hydrogen) atoms.